The highest BCUT2D eigenvalue weighted by Crippen LogP contribution is 2.56. The Hall–Kier alpha value is -1.84. The van der Waals surface area contributed by atoms with Crippen molar-refractivity contribution < 1.29 is 14.7 Å². The van der Waals surface area contributed by atoms with Crippen LogP contribution >= 0.6 is 0 Å². The molecule has 1 aromatic carbocycles. The van der Waals surface area contributed by atoms with Gasteiger partial charge in [-0.2, -0.15) is 0 Å². The van der Waals surface area contributed by atoms with Crippen LogP contribution in [0.4, 0.5) is 0 Å². The van der Waals surface area contributed by atoms with Crippen molar-refractivity contribution in [2.75, 3.05) is 0 Å². The highest BCUT2D eigenvalue weighted by molar-refractivity contribution is 5.81. The zero-order valence-electron chi connectivity index (χ0n) is 12.5. The first-order valence-corrected chi connectivity index (χ1v) is 8.26. The van der Waals surface area contributed by atoms with Crippen LogP contribution in [0.3, 0.4) is 0 Å². The molecule has 0 aromatic heterocycles. The van der Waals surface area contributed by atoms with Crippen LogP contribution in [0.1, 0.15) is 42.7 Å². The summed E-state index contributed by atoms with van der Waals surface area (Å²) in [6, 6.07) is 8.77. The van der Waals surface area contributed by atoms with Crippen LogP contribution in [0.2, 0.25) is 0 Å². The van der Waals surface area contributed by atoms with E-state index in [4.69, 9.17) is 5.11 Å². The van der Waals surface area contributed by atoms with E-state index >= 15 is 0 Å². The molecule has 0 heterocycles. The van der Waals surface area contributed by atoms with Crippen LogP contribution in [0, 0.1) is 17.8 Å². The Balaban J connectivity index is 1.38. The van der Waals surface area contributed by atoms with Gasteiger partial charge in [-0.3, -0.25) is 9.59 Å². The van der Waals surface area contributed by atoms with Crippen LogP contribution in [0.15, 0.2) is 24.3 Å². The Morgan fingerprint density at radius 3 is 2.73 bits per heavy atom. The zero-order valence-corrected chi connectivity index (χ0v) is 12.5. The molecule has 5 unspecified atom stereocenters. The molecule has 2 N–H and O–H groups in total. The van der Waals surface area contributed by atoms with Crippen molar-refractivity contribution in [3.8, 4) is 0 Å². The highest BCUT2D eigenvalue weighted by atomic mass is 16.4. The van der Waals surface area contributed by atoms with E-state index in [0.717, 1.165) is 19.3 Å². The highest BCUT2D eigenvalue weighted by Gasteiger charge is 2.56. The van der Waals surface area contributed by atoms with Gasteiger partial charge in [-0.05, 0) is 42.7 Å². The third-order valence-corrected chi connectivity index (χ3v) is 5.74. The van der Waals surface area contributed by atoms with Gasteiger partial charge in [0.15, 0.2) is 0 Å². The van der Waals surface area contributed by atoms with Gasteiger partial charge in [-0.25, -0.2) is 0 Å². The number of hydrogen-bond donors (Lipinski definition) is 2. The molecule has 1 aromatic rings. The lowest BCUT2D eigenvalue weighted by Crippen LogP contribution is -2.37. The van der Waals surface area contributed by atoms with Gasteiger partial charge in [-0.15, -0.1) is 0 Å². The van der Waals surface area contributed by atoms with Crippen molar-refractivity contribution in [3.05, 3.63) is 35.4 Å². The molecule has 0 saturated heterocycles. The number of nitrogens with one attached hydrogen (secondary N) is 1. The topological polar surface area (TPSA) is 66.4 Å². The van der Waals surface area contributed by atoms with E-state index in [9.17, 15) is 9.59 Å². The second-order valence-electron chi connectivity index (χ2n) is 7.03. The third-order valence-electron chi connectivity index (χ3n) is 5.74. The molecule has 4 heteroatoms. The van der Waals surface area contributed by atoms with E-state index in [0.29, 0.717) is 24.7 Å². The maximum atomic E-state index is 12.5. The molecule has 4 nitrogen and oxygen atoms in total. The van der Waals surface area contributed by atoms with E-state index in [1.807, 2.05) is 0 Å². The van der Waals surface area contributed by atoms with Gasteiger partial charge in [0.25, 0.3) is 0 Å². The van der Waals surface area contributed by atoms with Gasteiger partial charge in [0, 0.05) is 17.9 Å². The summed E-state index contributed by atoms with van der Waals surface area (Å²) in [5.74, 6) is -0.105. The number of hydrogen-bond acceptors (Lipinski definition) is 2. The lowest BCUT2D eigenvalue weighted by Gasteiger charge is -2.26. The number of amides is 1. The van der Waals surface area contributed by atoms with E-state index < -0.39 is 5.97 Å². The summed E-state index contributed by atoms with van der Waals surface area (Å²) in [5.41, 5.74) is 2.82. The predicted octanol–water partition coefficient (Wildman–Crippen LogP) is 2.33. The molecule has 4 rings (SSSR count). The van der Waals surface area contributed by atoms with Crippen molar-refractivity contribution in [3.63, 3.8) is 0 Å². The van der Waals surface area contributed by atoms with Crippen LogP contribution in [-0.4, -0.2) is 23.0 Å². The summed E-state index contributed by atoms with van der Waals surface area (Å²) in [4.78, 5) is 23.6. The van der Waals surface area contributed by atoms with Gasteiger partial charge < -0.3 is 10.4 Å². The second-order valence-corrected chi connectivity index (χ2v) is 7.03. The van der Waals surface area contributed by atoms with Crippen molar-refractivity contribution in [1.82, 2.24) is 5.32 Å². The van der Waals surface area contributed by atoms with Gasteiger partial charge in [-0.1, -0.05) is 30.7 Å². The molecule has 0 aliphatic heterocycles. The lowest BCUT2D eigenvalue weighted by molar-refractivity contribution is -0.144. The SMILES string of the molecule is O=C(O)C1CCCC(C(=O)NC2C3Cc4ccccc4C32)C1. The number of carbonyl (C=O) groups excluding carboxylic acids is 1. The first kappa shape index (κ1) is 13.8. The summed E-state index contributed by atoms with van der Waals surface area (Å²) in [6.07, 6.45) is 3.94. The zero-order chi connectivity index (χ0) is 15.3. The van der Waals surface area contributed by atoms with Crippen LogP contribution in [0.5, 0.6) is 0 Å². The number of carboxylic acids is 1. The Morgan fingerprint density at radius 2 is 1.91 bits per heavy atom. The van der Waals surface area contributed by atoms with E-state index in [-0.39, 0.29) is 23.8 Å². The van der Waals surface area contributed by atoms with Crippen molar-refractivity contribution in [1.29, 1.82) is 0 Å². The Morgan fingerprint density at radius 1 is 1.14 bits per heavy atom. The van der Waals surface area contributed by atoms with Gasteiger partial charge in [0.05, 0.1) is 5.92 Å². The minimum absolute atomic E-state index is 0.0721. The summed E-state index contributed by atoms with van der Waals surface area (Å²) >= 11 is 0. The second kappa shape index (κ2) is 5.11. The first-order chi connectivity index (χ1) is 10.6. The van der Waals surface area contributed by atoms with Crippen LogP contribution in [-0.2, 0) is 16.0 Å². The molecule has 22 heavy (non-hydrogen) atoms. The molecule has 1 amide bonds. The molecule has 2 saturated carbocycles. The number of carboxylic acid groups (broad SMARTS) is 1. The Bertz CT molecular complexity index is 627. The fraction of sp³-hybridized carbons (Fsp3) is 0.556. The van der Waals surface area contributed by atoms with Crippen LogP contribution < -0.4 is 5.32 Å². The molecule has 3 aliphatic rings. The summed E-state index contributed by atoms with van der Waals surface area (Å²) in [5, 5.41) is 12.3. The number of benzene rings is 1. The molecule has 3 aliphatic carbocycles. The van der Waals surface area contributed by atoms with Crippen LogP contribution in [0.25, 0.3) is 0 Å². The average Bonchev–Trinajstić information content (AvgIpc) is 3.04. The number of aliphatic carboxylic acids is 1. The Labute approximate surface area is 129 Å². The van der Waals surface area contributed by atoms with E-state index in [1.54, 1.807) is 0 Å². The molecule has 116 valence electrons. The fourth-order valence-electron chi connectivity index (χ4n) is 4.48. The van der Waals surface area contributed by atoms with Crippen molar-refractivity contribution in [2.24, 2.45) is 17.8 Å². The fourth-order valence-corrected chi connectivity index (χ4v) is 4.48. The quantitative estimate of drug-likeness (QED) is 0.900. The maximum absolute atomic E-state index is 12.5. The number of fused-ring (bicyclic) bond motifs is 3. The average molecular weight is 299 g/mol. The molecule has 2 fully saturated rings. The monoisotopic (exact) mass is 299 g/mol. The van der Waals surface area contributed by atoms with E-state index in [2.05, 4.69) is 29.6 Å². The van der Waals surface area contributed by atoms with Gasteiger partial charge >= 0.3 is 5.97 Å². The summed E-state index contributed by atoms with van der Waals surface area (Å²) in [6.45, 7) is 0. The normalized spacial score (nSPS) is 35.4. The smallest absolute Gasteiger partial charge is 0.306 e. The lowest BCUT2D eigenvalue weighted by atomic mass is 9.81. The molecule has 5 atom stereocenters. The van der Waals surface area contributed by atoms with Crippen molar-refractivity contribution in [2.45, 2.75) is 44.1 Å². The largest absolute Gasteiger partial charge is 0.481 e. The predicted molar refractivity (Wildman–Crippen MR) is 81.4 cm³/mol. The van der Waals surface area contributed by atoms with E-state index in [1.165, 1.54) is 11.1 Å². The maximum Gasteiger partial charge on any atom is 0.306 e. The molecule has 0 bridgehead atoms. The first-order valence-electron chi connectivity index (χ1n) is 8.26. The number of rotatable bonds is 3. The van der Waals surface area contributed by atoms with Gasteiger partial charge in [0.1, 0.15) is 0 Å². The minimum atomic E-state index is -0.755. The minimum Gasteiger partial charge on any atom is -0.481 e. The molecule has 0 spiro atoms. The third kappa shape index (κ3) is 2.21. The summed E-state index contributed by atoms with van der Waals surface area (Å²) < 4.78 is 0. The summed E-state index contributed by atoms with van der Waals surface area (Å²) in [7, 11) is 0. The molecular weight excluding hydrogens is 278 g/mol. The Kier molecular flexibility index (Phi) is 3.21. The number of carbonyl (C=O) groups is 2. The van der Waals surface area contributed by atoms with Gasteiger partial charge in [0.2, 0.25) is 5.91 Å². The standard InChI is InChI=1S/C18H21NO3/c20-17(11-5-3-6-12(8-11)18(21)22)19-16-14-9-10-4-1-2-7-13(10)15(14)16/h1-2,4,7,11-12,14-16H,3,5-6,8-9H2,(H,19,20)(H,21,22). The molecular formula is C18H21NO3. The molecule has 0 radical (unpaired) electrons. The van der Waals surface area contributed by atoms with Crippen molar-refractivity contribution >= 4 is 11.9 Å².